The summed E-state index contributed by atoms with van der Waals surface area (Å²) in [6.45, 7) is 0. The third-order valence-electron chi connectivity index (χ3n) is 1.27. The first kappa shape index (κ1) is 7.29. The maximum atomic E-state index is 1.56. The van der Waals surface area contributed by atoms with E-state index in [9.17, 15) is 0 Å². The van der Waals surface area contributed by atoms with E-state index in [4.69, 9.17) is 0 Å². The molecule has 0 spiro atoms. The van der Waals surface area contributed by atoms with Crippen molar-refractivity contribution in [3.63, 3.8) is 0 Å². The van der Waals surface area contributed by atoms with Gasteiger partial charge >= 0.3 is 50.4 Å². The van der Waals surface area contributed by atoms with E-state index in [2.05, 4.69) is 0 Å². The molecule has 0 atom stereocenters. The minimum atomic E-state index is 0. The second-order valence-corrected chi connectivity index (χ2v) is 2.67. The van der Waals surface area contributed by atoms with Gasteiger partial charge in [-0.3, -0.25) is 0 Å². The van der Waals surface area contributed by atoms with Crippen LogP contribution in [-0.4, -0.2) is 27.9 Å². The third-order valence-corrected chi connectivity index (χ3v) is 2.43. The second-order valence-electron chi connectivity index (χ2n) is 1.85. The Labute approximate surface area is 62.5 Å². The molecule has 0 bridgehead atoms. The van der Waals surface area contributed by atoms with Crippen LogP contribution >= 0.6 is 12.4 Å². The van der Waals surface area contributed by atoms with Gasteiger partial charge in [-0.15, -0.1) is 12.4 Å². The Morgan fingerprint density at radius 2 is 2.00 bits per heavy atom. The Morgan fingerprint density at radius 1 is 1.50 bits per heavy atom. The van der Waals surface area contributed by atoms with Crippen molar-refractivity contribution in [2.75, 3.05) is 0 Å². The van der Waals surface area contributed by atoms with Gasteiger partial charge in [0.05, 0.1) is 0 Å². The number of rotatable bonds is 1. The summed E-state index contributed by atoms with van der Waals surface area (Å²) in [6.07, 6.45) is 3.09. The summed E-state index contributed by atoms with van der Waals surface area (Å²) in [5.41, 5.74) is 0. The first-order valence-electron chi connectivity index (χ1n) is 2.43. The molecule has 1 rings (SSSR count). The van der Waals surface area contributed by atoms with Crippen molar-refractivity contribution in [2.45, 2.75) is 16.5 Å². The van der Waals surface area contributed by atoms with Gasteiger partial charge in [0.2, 0.25) is 0 Å². The van der Waals surface area contributed by atoms with Crippen LogP contribution in [0.25, 0.3) is 0 Å². The van der Waals surface area contributed by atoms with Crippen LogP contribution in [0.2, 0.25) is 3.67 Å². The molecule has 1 aliphatic carbocycles. The van der Waals surface area contributed by atoms with Crippen LogP contribution in [0.5, 0.6) is 0 Å². The average molecular weight is 115 g/mol. The fourth-order valence-electron chi connectivity index (χ4n) is 0.526. The van der Waals surface area contributed by atoms with Crippen LogP contribution in [0.15, 0.2) is 0 Å². The number of hydrogen-bond acceptors (Lipinski definition) is 0. The van der Waals surface area contributed by atoms with E-state index in [1.54, 1.807) is 16.5 Å². The van der Waals surface area contributed by atoms with Crippen LogP contribution in [0.3, 0.4) is 0 Å². The summed E-state index contributed by atoms with van der Waals surface area (Å²) in [5.74, 6) is 1.20. The van der Waals surface area contributed by atoms with Crippen molar-refractivity contribution in [3.05, 3.63) is 0 Å². The molecule has 0 heterocycles. The molecule has 0 aliphatic heterocycles. The molecule has 32 valence electrons. The van der Waals surface area contributed by atoms with E-state index < -0.39 is 0 Å². The van der Waals surface area contributed by atoms with E-state index in [1.807, 2.05) is 0 Å². The van der Waals surface area contributed by atoms with Crippen LogP contribution in [0.1, 0.15) is 12.8 Å². The predicted octanol–water partition coefficient (Wildman–Crippen LogP) is 1.41. The summed E-state index contributed by atoms with van der Waals surface area (Å²) < 4.78 is 1.56. The van der Waals surface area contributed by atoms with Gasteiger partial charge in [-0.1, -0.05) is 0 Å². The zero-order chi connectivity index (χ0) is 3.70. The van der Waals surface area contributed by atoms with Crippen molar-refractivity contribution in [1.29, 1.82) is 0 Å². The Morgan fingerprint density at radius 3 is 2.00 bits per heavy atom. The van der Waals surface area contributed by atoms with E-state index in [0.717, 1.165) is 0 Å². The van der Waals surface area contributed by atoms with Gasteiger partial charge in [0.25, 0.3) is 0 Å². The number of hydrogen-bond donors (Lipinski definition) is 0. The van der Waals surface area contributed by atoms with Gasteiger partial charge in [-0.05, 0) is 0 Å². The van der Waals surface area contributed by atoms with E-state index >= 15 is 0 Å². The van der Waals surface area contributed by atoms with Crippen molar-refractivity contribution in [3.8, 4) is 0 Å². The van der Waals surface area contributed by atoms with Gasteiger partial charge in [-0.2, -0.15) is 0 Å². The Hall–Kier alpha value is 1.29. The molecule has 0 aromatic carbocycles. The Bertz CT molecular complexity index is 34.5. The van der Waals surface area contributed by atoms with Crippen molar-refractivity contribution in [1.82, 2.24) is 0 Å². The molecule has 1 fully saturated rings. The summed E-state index contributed by atoms with van der Waals surface area (Å²) in [7, 11) is 0. The fourth-order valence-corrected chi connectivity index (χ4v) is 1.34. The monoisotopic (exact) mass is 114 g/mol. The topological polar surface area (TPSA) is 0 Å². The van der Waals surface area contributed by atoms with Crippen LogP contribution in [-0.2, 0) is 0 Å². The van der Waals surface area contributed by atoms with Gasteiger partial charge in [0, 0.05) is 0 Å². The molecule has 0 N–H and O–H groups in total. The van der Waals surface area contributed by atoms with Crippen LogP contribution < -0.4 is 0 Å². The average Bonchev–Trinajstić information content (AvgIpc) is 2.12. The van der Waals surface area contributed by atoms with Gasteiger partial charge < -0.3 is 0 Å². The first-order chi connectivity index (χ1) is 2.43. The Balaban J connectivity index is 0.000000250. The molecule has 0 nitrogen and oxygen atoms in total. The molecule has 6 heavy (non-hydrogen) atoms. The molecule has 0 amide bonds. The Kier molecular flexibility index (Phi) is 4.02. The number of halogens is 1. The molecule has 0 aromatic heterocycles. The quantitative estimate of drug-likeness (QED) is 0.452. The van der Waals surface area contributed by atoms with Gasteiger partial charge in [0.15, 0.2) is 0 Å². The molecule has 1 aliphatic rings. The standard InChI is InChI=1S/C4H7.ClH.Na/c1-4-2-3-4;;/h4H,1-3H2;1H;. The third kappa shape index (κ3) is 2.46. The van der Waals surface area contributed by atoms with Crippen LogP contribution in [0, 0.1) is 5.92 Å². The zero-order valence-electron chi connectivity index (χ0n) is 4.11. The minimum absolute atomic E-state index is 0. The van der Waals surface area contributed by atoms with Crippen LogP contribution in [0.4, 0.5) is 0 Å². The first-order valence-corrected chi connectivity index (χ1v) is 3.85. The summed E-state index contributed by atoms with van der Waals surface area (Å²) in [5, 5.41) is 0. The summed E-state index contributed by atoms with van der Waals surface area (Å²) >= 11 is 1.44. The summed E-state index contributed by atoms with van der Waals surface area (Å²) in [6, 6.07) is 0. The maximum absolute atomic E-state index is 1.56. The van der Waals surface area contributed by atoms with E-state index in [1.165, 1.54) is 33.8 Å². The fraction of sp³-hybridized carbons (Fsp3) is 1.00. The zero-order valence-corrected chi connectivity index (χ0v) is 6.92. The molecule has 0 saturated heterocycles. The molecule has 0 radical (unpaired) electrons. The van der Waals surface area contributed by atoms with Crippen molar-refractivity contribution < 1.29 is 0 Å². The molecular weight excluding hydrogens is 106 g/mol. The molecule has 0 unspecified atom stereocenters. The molecule has 1 saturated carbocycles. The van der Waals surface area contributed by atoms with E-state index in [0.29, 0.717) is 0 Å². The molecule has 2 heteroatoms. The molecule has 0 aromatic rings. The SMILES string of the molecule is Cl.[Na][CH2]C1CC1. The predicted molar refractivity (Wildman–Crippen MR) is 30.5 cm³/mol. The van der Waals surface area contributed by atoms with Crippen molar-refractivity contribution >= 4 is 40.3 Å². The van der Waals surface area contributed by atoms with Gasteiger partial charge in [0.1, 0.15) is 0 Å². The second kappa shape index (κ2) is 3.31. The van der Waals surface area contributed by atoms with E-state index in [-0.39, 0.29) is 12.4 Å². The summed E-state index contributed by atoms with van der Waals surface area (Å²) in [4.78, 5) is 0. The van der Waals surface area contributed by atoms with Crippen molar-refractivity contribution in [2.24, 2.45) is 5.92 Å². The molecular formula is C4H8ClNa. The normalized spacial score (nSPS) is 19.7. The van der Waals surface area contributed by atoms with Gasteiger partial charge in [-0.25, -0.2) is 0 Å².